The summed E-state index contributed by atoms with van der Waals surface area (Å²) in [6, 6.07) is 31.1. The number of amides is 3. The van der Waals surface area contributed by atoms with Crippen LogP contribution in [0.4, 0.5) is 10.5 Å². The molecule has 5 aromatic rings. The highest BCUT2D eigenvalue weighted by Crippen LogP contribution is 2.66. The Morgan fingerprint density at radius 1 is 0.809 bits per heavy atom. The average Bonchev–Trinajstić information content (AvgIpc) is 3.82. The monoisotopic (exact) mass is 920 g/mol. The second-order valence-electron chi connectivity index (χ2n) is 16.3. The number of phenolic OH excluding ortho intramolecular Hbond substituents is 1. The van der Waals surface area contributed by atoms with Crippen molar-refractivity contribution in [2.45, 2.75) is 42.5 Å². The summed E-state index contributed by atoms with van der Waals surface area (Å²) in [6.07, 6.45) is -0.386. The van der Waals surface area contributed by atoms with Gasteiger partial charge in [-0.05, 0) is 64.7 Å². The number of carbonyl (C=O) groups excluding carboxylic acids is 6. The van der Waals surface area contributed by atoms with Crippen molar-refractivity contribution >= 4 is 41.5 Å². The van der Waals surface area contributed by atoms with Gasteiger partial charge in [0, 0.05) is 44.0 Å². The Morgan fingerprint density at radius 2 is 1.49 bits per heavy atom. The molecule has 16 nitrogen and oxygen atoms in total. The Bertz CT molecular complexity index is 2730. The van der Waals surface area contributed by atoms with Gasteiger partial charge in [0.25, 0.3) is 0 Å². The fraction of sp³-hybridized carbons (Fsp3) is 0.288. The van der Waals surface area contributed by atoms with Gasteiger partial charge in [-0.2, -0.15) is 0 Å². The molecule has 348 valence electrons. The van der Waals surface area contributed by atoms with Crippen molar-refractivity contribution in [1.29, 1.82) is 0 Å². The summed E-state index contributed by atoms with van der Waals surface area (Å²) in [6.45, 7) is -0.155. The Morgan fingerprint density at radius 3 is 2.13 bits per heavy atom. The summed E-state index contributed by atoms with van der Waals surface area (Å²) in [5.74, 6) is -1.25. The van der Waals surface area contributed by atoms with Crippen LogP contribution in [-0.4, -0.2) is 97.9 Å². The van der Waals surface area contributed by atoms with Crippen LogP contribution in [0.5, 0.6) is 5.75 Å². The van der Waals surface area contributed by atoms with E-state index in [-0.39, 0.29) is 48.7 Å². The first-order valence-electron chi connectivity index (χ1n) is 21.9. The zero-order chi connectivity index (χ0) is 48.0. The Labute approximate surface area is 392 Å². The van der Waals surface area contributed by atoms with Crippen molar-refractivity contribution in [3.8, 4) is 17.6 Å². The predicted octanol–water partition coefficient (Wildman–Crippen LogP) is 5.30. The van der Waals surface area contributed by atoms with E-state index in [1.165, 1.54) is 25.3 Å². The molecule has 3 amide bonds. The number of nitrogens with zero attached hydrogens (tertiary/aromatic N) is 3. The van der Waals surface area contributed by atoms with E-state index in [0.29, 0.717) is 28.8 Å². The van der Waals surface area contributed by atoms with Crippen LogP contribution in [0.15, 0.2) is 128 Å². The number of fused-ring (bicyclic) bond motifs is 3. The number of cyclic esters (lactones) is 1. The van der Waals surface area contributed by atoms with Crippen LogP contribution in [-0.2, 0) is 59.5 Å². The van der Waals surface area contributed by atoms with Gasteiger partial charge in [-0.15, -0.1) is 0 Å². The van der Waals surface area contributed by atoms with Crippen molar-refractivity contribution in [3.63, 3.8) is 0 Å². The second-order valence-corrected chi connectivity index (χ2v) is 16.3. The lowest BCUT2D eigenvalue weighted by Gasteiger charge is -2.46. The number of methoxy groups -OCH3 is 3. The van der Waals surface area contributed by atoms with Crippen LogP contribution in [0.1, 0.15) is 58.1 Å². The Balaban J connectivity index is 1.40. The van der Waals surface area contributed by atoms with Crippen LogP contribution >= 0.6 is 0 Å². The van der Waals surface area contributed by atoms with Crippen LogP contribution in [0.3, 0.4) is 0 Å². The maximum absolute atomic E-state index is 16.2. The van der Waals surface area contributed by atoms with E-state index in [1.54, 1.807) is 36.5 Å². The van der Waals surface area contributed by atoms with Gasteiger partial charge < -0.3 is 34.1 Å². The molecule has 0 aliphatic carbocycles. The minimum absolute atomic E-state index is 0.0111. The molecular weight excluding hydrogens is 873 g/mol. The molecule has 3 aliphatic rings. The molecule has 0 saturated carbocycles. The number of rotatable bonds is 13. The molecule has 4 aromatic carbocycles. The number of anilines is 1. The predicted molar refractivity (Wildman–Crippen MR) is 243 cm³/mol. The SMILES string of the molecule is COCCOC(=O)N1C(=O)[C@@]2(c3cc(C#CCC(C(=O)OC)C(=O)OC)ccc31)[C@H](C(=O)NCCc1ccccn1)[C@H]1C(=O)O[C@H](c3ccccc3)[C@H](c3ccccc3)N1[C@@H]2c1ccc(O)cc1. The first-order valence-corrected chi connectivity index (χ1v) is 21.9. The van der Waals surface area contributed by atoms with E-state index >= 15 is 14.4 Å². The molecule has 8 rings (SSSR count). The molecule has 2 saturated heterocycles. The number of morpholine rings is 1. The smallest absolute Gasteiger partial charge is 0.421 e. The molecule has 4 heterocycles. The van der Waals surface area contributed by atoms with Crippen molar-refractivity contribution in [3.05, 3.63) is 161 Å². The highest BCUT2D eigenvalue weighted by Gasteiger charge is 2.75. The summed E-state index contributed by atoms with van der Waals surface area (Å²) in [7, 11) is 3.71. The molecule has 6 atom stereocenters. The van der Waals surface area contributed by atoms with Crippen LogP contribution in [0, 0.1) is 23.7 Å². The lowest BCUT2D eigenvalue weighted by molar-refractivity contribution is -0.178. The number of pyridine rings is 1. The summed E-state index contributed by atoms with van der Waals surface area (Å²) in [4.78, 5) is 93.7. The highest BCUT2D eigenvalue weighted by molar-refractivity contribution is 6.23. The number of nitrogens with one attached hydrogen (secondary N) is 1. The van der Waals surface area contributed by atoms with E-state index < -0.39 is 77.3 Å². The molecule has 2 fully saturated rings. The average molecular weight is 921 g/mol. The fourth-order valence-electron chi connectivity index (χ4n) is 9.67. The second kappa shape index (κ2) is 20.3. The fourth-order valence-corrected chi connectivity index (χ4v) is 9.67. The van der Waals surface area contributed by atoms with Gasteiger partial charge in [0.15, 0.2) is 5.92 Å². The number of hydrogen-bond acceptors (Lipinski definition) is 14. The highest BCUT2D eigenvalue weighted by atomic mass is 16.6. The third-order valence-corrected chi connectivity index (χ3v) is 12.6. The largest absolute Gasteiger partial charge is 0.508 e. The zero-order valence-corrected chi connectivity index (χ0v) is 37.4. The van der Waals surface area contributed by atoms with E-state index in [9.17, 15) is 19.5 Å². The minimum Gasteiger partial charge on any atom is -0.508 e. The maximum atomic E-state index is 16.2. The van der Waals surface area contributed by atoms with E-state index in [0.717, 1.165) is 19.1 Å². The van der Waals surface area contributed by atoms with Gasteiger partial charge in [0.1, 0.15) is 29.9 Å². The van der Waals surface area contributed by atoms with E-state index in [4.69, 9.17) is 23.7 Å². The first kappa shape index (κ1) is 46.7. The number of benzene rings is 4. The van der Waals surface area contributed by atoms with Crippen LogP contribution < -0.4 is 10.2 Å². The number of esters is 3. The van der Waals surface area contributed by atoms with E-state index in [2.05, 4.69) is 22.1 Å². The molecule has 1 spiro atoms. The van der Waals surface area contributed by atoms with Gasteiger partial charge in [-0.1, -0.05) is 90.7 Å². The Kier molecular flexibility index (Phi) is 13.9. The number of phenols is 1. The van der Waals surface area contributed by atoms with Gasteiger partial charge in [-0.3, -0.25) is 33.9 Å². The summed E-state index contributed by atoms with van der Waals surface area (Å²) < 4.78 is 26.9. The normalized spacial score (nSPS) is 21.5. The number of aromatic hydroxyl groups is 1. The van der Waals surface area contributed by atoms with Gasteiger partial charge in [0.2, 0.25) is 11.8 Å². The molecule has 0 unspecified atom stereocenters. The lowest BCUT2D eigenvalue weighted by Crippen LogP contribution is -2.56. The van der Waals surface area contributed by atoms with Gasteiger partial charge in [-0.25, -0.2) is 9.69 Å². The molecule has 1 aromatic heterocycles. The van der Waals surface area contributed by atoms with Crippen molar-refractivity contribution < 1.29 is 57.6 Å². The zero-order valence-electron chi connectivity index (χ0n) is 37.4. The molecule has 3 aliphatic heterocycles. The molecule has 16 heteroatoms. The van der Waals surface area contributed by atoms with Gasteiger partial charge in [0.05, 0.1) is 44.5 Å². The summed E-state index contributed by atoms with van der Waals surface area (Å²) >= 11 is 0. The quantitative estimate of drug-likeness (QED) is 0.0507. The van der Waals surface area contributed by atoms with Crippen molar-refractivity contribution in [2.24, 2.45) is 11.8 Å². The van der Waals surface area contributed by atoms with Crippen molar-refractivity contribution in [1.82, 2.24) is 15.2 Å². The maximum Gasteiger partial charge on any atom is 0.421 e. The summed E-state index contributed by atoms with van der Waals surface area (Å²) in [5, 5.41) is 13.7. The van der Waals surface area contributed by atoms with E-state index in [1.807, 2.05) is 77.7 Å². The molecule has 68 heavy (non-hydrogen) atoms. The number of aromatic nitrogens is 1. The van der Waals surface area contributed by atoms with Crippen molar-refractivity contribution in [2.75, 3.05) is 46.0 Å². The summed E-state index contributed by atoms with van der Waals surface area (Å²) in [5.41, 5.74) is 0.791. The number of imide groups is 1. The topological polar surface area (TPSA) is 200 Å². The molecule has 2 N–H and O–H groups in total. The Hall–Kier alpha value is -7.87. The first-order chi connectivity index (χ1) is 33.0. The number of hydrogen-bond donors (Lipinski definition) is 2. The third kappa shape index (κ3) is 8.65. The molecule has 0 bridgehead atoms. The third-order valence-electron chi connectivity index (χ3n) is 12.6. The number of carbonyl (C=O) groups is 6. The standard InChI is InChI=1S/C52H48N4O12/c1-64-29-30-67-51(63)55-40-25-20-32(13-12-19-38(47(59)65-2)48(60)66-3)31-39(40)52(50(55)62)41(46(58)54-28-26-36-18-10-11-27-53-36)43-49(61)68-44(34-16-8-5-9-17-34)42(33-14-6-4-7-15-33)56(43)45(52)35-21-23-37(57)24-22-35/h4-11,14-18,20-25,27,31,38,41-45,57H,19,26,28-30H2,1-3H3,(H,54,58)/t41-,42-,43-,44+,45+,52-/m0/s1. The minimum atomic E-state index is -2.14. The lowest BCUT2D eigenvalue weighted by atomic mass is 9.65. The van der Waals surface area contributed by atoms with Crippen LogP contribution in [0.25, 0.3) is 0 Å². The van der Waals surface area contributed by atoms with Gasteiger partial charge >= 0.3 is 24.0 Å². The molecular formula is C52H48N4O12. The number of ether oxygens (including phenoxy) is 5. The van der Waals surface area contributed by atoms with Crippen LogP contribution in [0.2, 0.25) is 0 Å². The molecule has 0 radical (unpaired) electrons.